The Kier molecular flexibility index (Phi) is 7.27. The topological polar surface area (TPSA) is 116 Å². The van der Waals surface area contributed by atoms with E-state index in [0.29, 0.717) is 28.9 Å². The number of halogens is 1. The van der Waals surface area contributed by atoms with Crippen molar-refractivity contribution in [2.45, 2.75) is 18.8 Å². The van der Waals surface area contributed by atoms with E-state index in [0.717, 1.165) is 5.56 Å². The fourth-order valence-electron chi connectivity index (χ4n) is 4.73. The standard InChI is InChI=1S/C29H26FNO8/c1-35-22-13-20(26(36-2)28-27(22)37-15-38-28)19(14-23(32)31-12-11-16-7-9-17(30)10-8-16)24-25(33)18-5-3-4-6-21(18)39-29(24)34/h3-10,13,19,33H,11-12,14-15H2,1-2H3,(H,31,32)/t19-/m1/s1. The fourth-order valence-corrected chi connectivity index (χ4v) is 4.73. The second-order valence-corrected chi connectivity index (χ2v) is 8.90. The molecule has 1 aliphatic rings. The Hall–Kier alpha value is -4.73. The van der Waals surface area contributed by atoms with Crippen molar-refractivity contribution in [2.24, 2.45) is 0 Å². The smallest absolute Gasteiger partial charge is 0.343 e. The lowest BCUT2D eigenvalue weighted by Gasteiger charge is -2.22. The van der Waals surface area contributed by atoms with Gasteiger partial charge in [0.15, 0.2) is 11.5 Å². The molecule has 0 spiro atoms. The van der Waals surface area contributed by atoms with E-state index in [1.165, 1.54) is 26.4 Å². The molecule has 1 aliphatic heterocycles. The molecule has 0 saturated heterocycles. The molecule has 1 aromatic heterocycles. The maximum Gasteiger partial charge on any atom is 0.343 e. The van der Waals surface area contributed by atoms with Gasteiger partial charge >= 0.3 is 5.63 Å². The Morgan fingerprint density at radius 3 is 2.56 bits per heavy atom. The van der Waals surface area contributed by atoms with Crippen molar-refractivity contribution < 1.29 is 37.7 Å². The summed E-state index contributed by atoms with van der Waals surface area (Å²) in [5, 5.41) is 14.4. The number of nitrogens with one attached hydrogen (secondary N) is 1. The van der Waals surface area contributed by atoms with E-state index in [4.69, 9.17) is 23.4 Å². The normalized spacial score (nSPS) is 12.8. The summed E-state index contributed by atoms with van der Waals surface area (Å²) in [5.41, 5.74) is 0.519. The first kappa shape index (κ1) is 25.9. The van der Waals surface area contributed by atoms with Crippen LogP contribution in [0.2, 0.25) is 0 Å². The Bertz CT molecular complexity index is 1580. The van der Waals surface area contributed by atoms with Crippen LogP contribution < -0.4 is 29.9 Å². The lowest BCUT2D eigenvalue weighted by atomic mass is 9.86. The molecule has 0 saturated carbocycles. The van der Waals surface area contributed by atoms with E-state index in [9.17, 15) is 19.1 Å². The van der Waals surface area contributed by atoms with Crippen LogP contribution in [0.3, 0.4) is 0 Å². The van der Waals surface area contributed by atoms with Crippen LogP contribution in [0.15, 0.2) is 63.8 Å². The van der Waals surface area contributed by atoms with Gasteiger partial charge in [0, 0.05) is 24.4 Å². The third-order valence-corrected chi connectivity index (χ3v) is 6.60. The minimum absolute atomic E-state index is 0.0661. The van der Waals surface area contributed by atoms with E-state index in [2.05, 4.69) is 5.32 Å². The largest absolute Gasteiger partial charge is 0.507 e. The van der Waals surface area contributed by atoms with Crippen molar-refractivity contribution in [3.05, 3.63) is 87.5 Å². The highest BCUT2D eigenvalue weighted by molar-refractivity contribution is 5.85. The SMILES string of the molecule is COc1cc([C@@H](CC(=O)NCCc2ccc(F)cc2)c2c(O)c3ccccc3oc2=O)c(OC)c2c1OCO2. The number of para-hydroxylation sites is 1. The van der Waals surface area contributed by atoms with Gasteiger partial charge in [0.2, 0.25) is 24.2 Å². The summed E-state index contributed by atoms with van der Waals surface area (Å²) in [7, 11) is 2.88. The van der Waals surface area contributed by atoms with Crippen molar-refractivity contribution >= 4 is 16.9 Å². The first-order valence-corrected chi connectivity index (χ1v) is 12.2. The lowest BCUT2D eigenvalue weighted by Crippen LogP contribution is -2.29. The van der Waals surface area contributed by atoms with E-state index in [-0.39, 0.29) is 54.0 Å². The summed E-state index contributed by atoms with van der Waals surface area (Å²) in [5.74, 6) is -0.905. The molecule has 4 aromatic rings. The maximum absolute atomic E-state index is 13.2. The van der Waals surface area contributed by atoms with E-state index in [1.807, 2.05) is 0 Å². The van der Waals surface area contributed by atoms with Crippen LogP contribution in [0.1, 0.15) is 29.0 Å². The number of amides is 1. The summed E-state index contributed by atoms with van der Waals surface area (Å²) in [4.78, 5) is 26.5. The highest BCUT2D eigenvalue weighted by Gasteiger charge is 2.35. The van der Waals surface area contributed by atoms with Crippen molar-refractivity contribution in [1.29, 1.82) is 0 Å². The molecule has 202 valence electrons. The van der Waals surface area contributed by atoms with Crippen LogP contribution in [0.25, 0.3) is 11.0 Å². The molecule has 2 heterocycles. The van der Waals surface area contributed by atoms with Crippen LogP contribution in [0.5, 0.6) is 28.7 Å². The van der Waals surface area contributed by atoms with Gasteiger partial charge in [-0.15, -0.1) is 0 Å². The van der Waals surface area contributed by atoms with Gasteiger partial charge in [0.1, 0.15) is 17.1 Å². The summed E-state index contributed by atoms with van der Waals surface area (Å²) in [6.45, 7) is 0.209. The summed E-state index contributed by atoms with van der Waals surface area (Å²) >= 11 is 0. The number of ether oxygens (including phenoxy) is 4. The number of rotatable bonds is 9. The molecule has 0 radical (unpaired) electrons. The lowest BCUT2D eigenvalue weighted by molar-refractivity contribution is -0.121. The minimum Gasteiger partial charge on any atom is -0.507 e. The van der Waals surface area contributed by atoms with Gasteiger partial charge < -0.3 is 33.8 Å². The Balaban J connectivity index is 1.55. The average molecular weight is 536 g/mol. The van der Waals surface area contributed by atoms with Crippen LogP contribution in [0.4, 0.5) is 4.39 Å². The Morgan fingerprint density at radius 1 is 1.08 bits per heavy atom. The quantitative estimate of drug-likeness (QED) is 0.306. The number of carbonyl (C=O) groups excluding carboxylic acids is 1. The first-order valence-electron chi connectivity index (χ1n) is 12.2. The number of hydrogen-bond acceptors (Lipinski definition) is 8. The molecule has 2 N–H and O–H groups in total. The van der Waals surface area contributed by atoms with Crippen molar-refractivity contribution in [1.82, 2.24) is 5.32 Å². The summed E-state index contributed by atoms with van der Waals surface area (Å²) in [6.07, 6.45) is 0.237. The Morgan fingerprint density at radius 2 is 1.82 bits per heavy atom. The van der Waals surface area contributed by atoms with Gasteiger partial charge in [-0.3, -0.25) is 4.79 Å². The van der Waals surface area contributed by atoms with Crippen LogP contribution in [-0.2, 0) is 11.2 Å². The molecule has 3 aromatic carbocycles. The molecular weight excluding hydrogens is 509 g/mol. The molecule has 0 bridgehead atoms. The van der Waals surface area contributed by atoms with Crippen LogP contribution in [-0.4, -0.2) is 38.6 Å². The van der Waals surface area contributed by atoms with E-state index in [1.54, 1.807) is 42.5 Å². The van der Waals surface area contributed by atoms with Gasteiger partial charge in [0.05, 0.1) is 25.2 Å². The number of benzene rings is 3. The number of fused-ring (bicyclic) bond motifs is 2. The Labute approximate surface area is 222 Å². The molecule has 1 amide bonds. The zero-order valence-corrected chi connectivity index (χ0v) is 21.3. The summed E-state index contributed by atoms with van der Waals surface area (Å²) in [6, 6.07) is 14.2. The summed E-state index contributed by atoms with van der Waals surface area (Å²) < 4.78 is 41.0. The van der Waals surface area contributed by atoms with E-state index >= 15 is 0 Å². The zero-order chi connectivity index (χ0) is 27.5. The molecule has 0 unspecified atom stereocenters. The second kappa shape index (κ2) is 10.9. The van der Waals surface area contributed by atoms with Crippen LogP contribution in [0, 0.1) is 5.82 Å². The van der Waals surface area contributed by atoms with Crippen molar-refractivity contribution in [3.63, 3.8) is 0 Å². The highest BCUT2D eigenvalue weighted by atomic mass is 19.1. The number of methoxy groups -OCH3 is 2. The fraction of sp³-hybridized carbons (Fsp3) is 0.241. The van der Waals surface area contributed by atoms with Crippen LogP contribution >= 0.6 is 0 Å². The molecule has 0 aliphatic carbocycles. The predicted octanol–water partition coefficient (Wildman–Crippen LogP) is 4.26. The zero-order valence-electron chi connectivity index (χ0n) is 21.3. The van der Waals surface area contributed by atoms with Crippen molar-refractivity contribution in [3.8, 4) is 28.7 Å². The number of carbonyl (C=O) groups is 1. The van der Waals surface area contributed by atoms with Gasteiger partial charge in [-0.25, -0.2) is 9.18 Å². The predicted molar refractivity (Wildman–Crippen MR) is 139 cm³/mol. The molecule has 1 atom stereocenters. The molecular formula is C29H26FNO8. The monoisotopic (exact) mass is 535 g/mol. The van der Waals surface area contributed by atoms with Gasteiger partial charge in [-0.1, -0.05) is 24.3 Å². The maximum atomic E-state index is 13.2. The minimum atomic E-state index is -1.00. The van der Waals surface area contributed by atoms with Gasteiger partial charge in [-0.05, 0) is 42.3 Å². The second-order valence-electron chi connectivity index (χ2n) is 8.90. The molecule has 39 heavy (non-hydrogen) atoms. The first-order chi connectivity index (χ1) is 18.9. The third-order valence-electron chi connectivity index (χ3n) is 6.60. The number of hydrogen-bond donors (Lipinski definition) is 2. The number of aromatic hydroxyl groups is 1. The molecule has 5 rings (SSSR count). The van der Waals surface area contributed by atoms with Gasteiger partial charge in [-0.2, -0.15) is 0 Å². The molecule has 9 nitrogen and oxygen atoms in total. The van der Waals surface area contributed by atoms with Crippen molar-refractivity contribution in [2.75, 3.05) is 27.6 Å². The highest BCUT2D eigenvalue weighted by Crippen LogP contribution is 2.53. The molecule has 0 fully saturated rings. The average Bonchev–Trinajstić information content (AvgIpc) is 3.43. The third kappa shape index (κ3) is 5.05. The van der Waals surface area contributed by atoms with E-state index < -0.39 is 17.5 Å². The van der Waals surface area contributed by atoms with Gasteiger partial charge in [0.25, 0.3) is 0 Å². The molecule has 10 heteroatoms.